The maximum Gasteiger partial charge on any atom is 0.223 e. The van der Waals surface area contributed by atoms with Crippen LogP contribution in [0.5, 0.6) is 11.5 Å². The van der Waals surface area contributed by atoms with E-state index < -0.39 is 0 Å². The fourth-order valence-electron chi connectivity index (χ4n) is 2.37. The van der Waals surface area contributed by atoms with Gasteiger partial charge in [-0.3, -0.25) is 4.79 Å². The molecule has 0 aliphatic carbocycles. The Labute approximate surface area is 124 Å². The van der Waals surface area contributed by atoms with Crippen LogP contribution in [0.15, 0.2) is 18.2 Å². The van der Waals surface area contributed by atoms with E-state index >= 15 is 0 Å². The maximum absolute atomic E-state index is 12.2. The van der Waals surface area contributed by atoms with Crippen molar-refractivity contribution in [2.45, 2.75) is 25.1 Å². The number of rotatable bonds is 5. The first-order valence-corrected chi connectivity index (χ1v) is 7.89. The Hall–Kier alpha value is -1.36. The third kappa shape index (κ3) is 3.03. The molecule has 0 saturated carbocycles. The molecule has 0 N–H and O–H groups in total. The van der Waals surface area contributed by atoms with Gasteiger partial charge in [0.15, 0.2) is 0 Å². The molecule has 110 valence electrons. The first-order valence-electron chi connectivity index (χ1n) is 6.84. The highest BCUT2D eigenvalue weighted by molar-refractivity contribution is 7.99. The molecule has 0 spiro atoms. The van der Waals surface area contributed by atoms with Crippen molar-refractivity contribution in [3.63, 3.8) is 0 Å². The topological polar surface area (TPSA) is 38.8 Å². The predicted molar refractivity (Wildman–Crippen MR) is 81.4 cm³/mol. The van der Waals surface area contributed by atoms with Crippen LogP contribution in [-0.2, 0) is 4.79 Å². The highest BCUT2D eigenvalue weighted by atomic mass is 32.2. The molecule has 5 heteroatoms. The van der Waals surface area contributed by atoms with Gasteiger partial charge in [-0.15, -0.1) is 11.8 Å². The minimum absolute atomic E-state index is 0.0269. The number of hydrogen-bond acceptors (Lipinski definition) is 4. The molecular weight excluding hydrogens is 274 g/mol. The number of hydrogen-bond donors (Lipinski definition) is 0. The number of nitrogens with zero attached hydrogens (tertiary/aromatic N) is 1. The number of carbonyl (C=O) groups is 1. The van der Waals surface area contributed by atoms with E-state index in [4.69, 9.17) is 9.47 Å². The van der Waals surface area contributed by atoms with Crippen LogP contribution in [0.1, 0.15) is 30.7 Å². The third-order valence-electron chi connectivity index (χ3n) is 3.38. The minimum atomic E-state index is 0.0269. The second kappa shape index (κ2) is 6.88. The molecule has 1 heterocycles. The molecule has 2 rings (SSSR count). The average Bonchev–Trinajstić information content (AvgIpc) is 2.96. The molecule has 1 saturated heterocycles. The van der Waals surface area contributed by atoms with Gasteiger partial charge in [-0.2, -0.15) is 0 Å². The van der Waals surface area contributed by atoms with Crippen LogP contribution in [-0.4, -0.2) is 37.3 Å². The van der Waals surface area contributed by atoms with Crippen LogP contribution in [0.25, 0.3) is 0 Å². The normalized spacial score (nSPS) is 18.1. The summed E-state index contributed by atoms with van der Waals surface area (Å²) in [6, 6.07) is 5.74. The van der Waals surface area contributed by atoms with Crippen LogP contribution in [0.3, 0.4) is 0 Å². The standard InChI is InChI=1S/C15H21NO3S/c1-4-5-14(17)16-8-9-20-15(16)12-10-11(18-2)6-7-13(12)19-3/h6-7,10,15H,4-5,8-9H2,1-3H3. The number of methoxy groups -OCH3 is 2. The lowest BCUT2D eigenvalue weighted by molar-refractivity contribution is -0.131. The summed E-state index contributed by atoms with van der Waals surface area (Å²) in [5, 5.41) is 0.0269. The molecule has 1 atom stereocenters. The number of benzene rings is 1. The van der Waals surface area contributed by atoms with Gasteiger partial charge in [-0.25, -0.2) is 0 Å². The van der Waals surface area contributed by atoms with Crippen LogP contribution in [0.4, 0.5) is 0 Å². The molecule has 1 aromatic carbocycles. The van der Waals surface area contributed by atoms with Crippen molar-refractivity contribution >= 4 is 17.7 Å². The van der Waals surface area contributed by atoms with E-state index in [1.165, 1.54) is 0 Å². The molecular formula is C15H21NO3S. The Morgan fingerprint density at radius 2 is 2.20 bits per heavy atom. The predicted octanol–water partition coefficient (Wildman–Crippen LogP) is 3.08. The monoisotopic (exact) mass is 295 g/mol. The van der Waals surface area contributed by atoms with E-state index in [0.717, 1.165) is 35.8 Å². The van der Waals surface area contributed by atoms with Crippen molar-refractivity contribution in [3.05, 3.63) is 23.8 Å². The zero-order valence-corrected chi connectivity index (χ0v) is 13.0. The Morgan fingerprint density at radius 1 is 1.40 bits per heavy atom. The molecule has 4 nitrogen and oxygen atoms in total. The van der Waals surface area contributed by atoms with Crippen molar-refractivity contribution in [1.82, 2.24) is 4.90 Å². The summed E-state index contributed by atoms with van der Waals surface area (Å²) in [4.78, 5) is 14.2. The molecule has 0 aromatic heterocycles. The first-order chi connectivity index (χ1) is 9.71. The molecule has 0 radical (unpaired) electrons. The van der Waals surface area contributed by atoms with Crippen LogP contribution in [0.2, 0.25) is 0 Å². The van der Waals surface area contributed by atoms with Crippen molar-refractivity contribution < 1.29 is 14.3 Å². The largest absolute Gasteiger partial charge is 0.497 e. The summed E-state index contributed by atoms with van der Waals surface area (Å²) in [6.45, 7) is 2.83. The van der Waals surface area contributed by atoms with E-state index in [9.17, 15) is 4.79 Å². The van der Waals surface area contributed by atoms with E-state index in [-0.39, 0.29) is 11.3 Å². The molecule has 1 aromatic rings. The molecule has 20 heavy (non-hydrogen) atoms. The Balaban J connectivity index is 2.31. The highest BCUT2D eigenvalue weighted by Crippen LogP contribution is 2.43. The van der Waals surface area contributed by atoms with Gasteiger partial charge in [-0.05, 0) is 24.6 Å². The number of amides is 1. The van der Waals surface area contributed by atoms with Gasteiger partial charge in [0.05, 0.1) is 14.2 Å². The lowest BCUT2D eigenvalue weighted by Crippen LogP contribution is -2.30. The third-order valence-corrected chi connectivity index (χ3v) is 4.62. The van der Waals surface area contributed by atoms with Gasteiger partial charge in [0.1, 0.15) is 16.9 Å². The Bertz CT molecular complexity index is 478. The lowest BCUT2D eigenvalue weighted by Gasteiger charge is -2.25. The maximum atomic E-state index is 12.2. The van der Waals surface area contributed by atoms with Gasteiger partial charge in [0.2, 0.25) is 5.91 Å². The average molecular weight is 295 g/mol. The van der Waals surface area contributed by atoms with Crippen molar-refractivity contribution in [1.29, 1.82) is 0 Å². The zero-order valence-electron chi connectivity index (χ0n) is 12.2. The first kappa shape index (κ1) is 15.0. The van der Waals surface area contributed by atoms with Gasteiger partial charge < -0.3 is 14.4 Å². The molecule has 1 fully saturated rings. The van der Waals surface area contributed by atoms with Crippen molar-refractivity contribution in [2.24, 2.45) is 0 Å². The second-order valence-corrected chi connectivity index (χ2v) is 5.86. The molecule has 0 bridgehead atoms. The minimum Gasteiger partial charge on any atom is -0.497 e. The molecule has 1 unspecified atom stereocenters. The van der Waals surface area contributed by atoms with Crippen molar-refractivity contribution in [3.8, 4) is 11.5 Å². The van der Waals surface area contributed by atoms with E-state index in [0.29, 0.717) is 6.42 Å². The fourth-order valence-corrected chi connectivity index (χ4v) is 3.66. The summed E-state index contributed by atoms with van der Waals surface area (Å²) in [5.74, 6) is 2.77. The van der Waals surface area contributed by atoms with Gasteiger partial charge in [0, 0.05) is 24.3 Å². The molecule has 1 amide bonds. The summed E-state index contributed by atoms with van der Waals surface area (Å²) in [6.07, 6.45) is 1.48. The van der Waals surface area contributed by atoms with Gasteiger partial charge in [-0.1, -0.05) is 6.92 Å². The number of carbonyl (C=O) groups excluding carboxylic acids is 1. The van der Waals surface area contributed by atoms with Crippen LogP contribution in [0, 0.1) is 0 Å². The number of thioether (sulfide) groups is 1. The van der Waals surface area contributed by atoms with E-state index in [1.807, 2.05) is 30.0 Å². The zero-order chi connectivity index (χ0) is 14.5. The smallest absolute Gasteiger partial charge is 0.223 e. The van der Waals surface area contributed by atoms with Gasteiger partial charge >= 0.3 is 0 Å². The van der Waals surface area contributed by atoms with Crippen LogP contribution < -0.4 is 9.47 Å². The fraction of sp³-hybridized carbons (Fsp3) is 0.533. The highest BCUT2D eigenvalue weighted by Gasteiger charge is 2.32. The van der Waals surface area contributed by atoms with E-state index in [1.54, 1.807) is 26.0 Å². The number of ether oxygens (including phenoxy) is 2. The SMILES string of the molecule is CCCC(=O)N1CCSC1c1cc(OC)ccc1OC. The second-order valence-electron chi connectivity index (χ2n) is 4.67. The summed E-state index contributed by atoms with van der Waals surface area (Å²) < 4.78 is 10.7. The Kier molecular flexibility index (Phi) is 5.17. The Morgan fingerprint density at radius 3 is 2.85 bits per heavy atom. The summed E-state index contributed by atoms with van der Waals surface area (Å²) >= 11 is 1.78. The van der Waals surface area contributed by atoms with Crippen molar-refractivity contribution in [2.75, 3.05) is 26.5 Å². The van der Waals surface area contributed by atoms with Gasteiger partial charge in [0.25, 0.3) is 0 Å². The molecule has 1 aliphatic rings. The lowest BCUT2D eigenvalue weighted by atomic mass is 10.1. The van der Waals surface area contributed by atoms with E-state index in [2.05, 4.69) is 0 Å². The quantitative estimate of drug-likeness (QED) is 0.837. The van der Waals surface area contributed by atoms with Crippen LogP contribution >= 0.6 is 11.8 Å². The molecule has 1 aliphatic heterocycles. The summed E-state index contributed by atoms with van der Waals surface area (Å²) in [5.41, 5.74) is 1.01. The summed E-state index contributed by atoms with van der Waals surface area (Å²) in [7, 11) is 3.30.